The van der Waals surface area contributed by atoms with Gasteiger partial charge >= 0.3 is 0 Å². The maximum atomic E-state index is 13.7. The van der Waals surface area contributed by atoms with Crippen LogP contribution in [0.3, 0.4) is 0 Å². The van der Waals surface area contributed by atoms with Crippen LogP contribution in [0.15, 0.2) is 131 Å². The molecule has 0 aliphatic carbocycles. The molecule has 0 amide bonds. The van der Waals surface area contributed by atoms with Gasteiger partial charge < -0.3 is 21.3 Å². The first-order valence-corrected chi connectivity index (χ1v) is 18.2. The van der Waals surface area contributed by atoms with Gasteiger partial charge in [0.05, 0.1) is 29.5 Å². The zero-order valence-electron chi connectivity index (χ0n) is 29.8. The summed E-state index contributed by atoms with van der Waals surface area (Å²) in [6.45, 7) is 3.47. The van der Waals surface area contributed by atoms with Gasteiger partial charge in [-0.2, -0.15) is 0 Å². The van der Waals surface area contributed by atoms with E-state index in [0.29, 0.717) is 33.9 Å². The third-order valence-corrected chi connectivity index (χ3v) is 10.3. The molecule has 0 spiro atoms. The van der Waals surface area contributed by atoms with Crippen molar-refractivity contribution in [2.24, 2.45) is 0 Å². The quantitative estimate of drug-likeness (QED) is 0.0592. The van der Waals surface area contributed by atoms with Crippen molar-refractivity contribution in [3.63, 3.8) is 0 Å². The molecule has 0 aromatic heterocycles. The molecule has 0 aliphatic rings. The van der Waals surface area contributed by atoms with Gasteiger partial charge in [-0.05, 0) is 110 Å². The van der Waals surface area contributed by atoms with Crippen molar-refractivity contribution in [3.05, 3.63) is 173 Å². The van der Waals surface area contributed by atoms with E-state index in [0.717, 1.165) is 24.3 Å². The van der Waals surface area contributed by atoms with E-state index in [1.165, 1.54) is 24.3 Å². The number of anilines is 8. The van der Waals surface area contributed by atoms with Crippen molar-refractivity contribution >= 4 is 78.1 Å². The van der Waals surface area contributed by atoms with Gasteiger partial charge in [-0.3, -0.25) is 40.5 Å². The van der Waals surface area contributed by atoms with Crippen LogP contribution in [0.1, 0.15) is 11.1 Å². The first-order valence-electron chi connectivity index (χ1n) is 16.7. The predicted octanol–water partition coefficient (Wildman–Crippen LogP) is 9.74. The molecule has 18 nitrogen and oxygen atoms in total. The summed E-state index contributed by atoms with van der Waals surface area (Å²) in [5, 5.41) is 58.9. The fourth-order valence-electron chi connectivity index (χ4n) is 5.70. The smallest absolute Gasteiger partial charge is 0.293 e. The molecular formula is C38H30N8O10S. The van der Waals surface area contributed by atoms with Gasteiger partial charge in [-0.15, -0.1) is 0 Å². The summed E-state index contributed by atoms with van der Waals surface area (Å²) in [4.78, 5) is 43.7. The van der Waals surface area contributed by atoms with Crippen molar-refractivity contribution in [1.29, 1.82) is 0 Å². The van der Waals surface area contributed by atoms with Crippen LogP contribution in [-0.2, 0) is 9.84 Å². The molecule has 0 radical (unpaired) electrons. The van der Waals surface area contributed by atoms with E-state index in [1.54, 1.807) is 86.6 Å². The standard InChI is InChI=1S/C38H30N8O10S/c1-23-3-15-31(35(19-23)43(47)48)39-25-5-9-27(10-6-25)41-33-17-13-29(21-37(33)45(51)52)57(55,56)30-14-18-34(38(22-30)46(53)54)42-28-11-7-26(8-12-28)40-32-16-4-24(2)20-36(32)44(49)50/h3-22,39-42H,1-2H3. The highest BCUT2D eigenvalue weighted by Gasteiger charge is 2.27. The second-order valence-electron chi connectivity index (χ2n) is 12.6. The van der Waals surface area contributed by atoms with E-state index in [-0.39, 0.29) is 34.1 Å². The molecule has 6 aromatic rings. The lowest BCUT2D eigenvalue weighted by atomic mass is 10.2. The highest BCUT2D eigenvalue weighted by molar-refractivity contribution is 7.91. The number of rotatable bonds is 14. The summed E-state index contributed by atoms with van der Waals surface area (Å²) in [7, 11) is -4.50. The predicted molar refractivity (Wildman–Crippen MR) is 213 cm³/mol. The number of nitro benzene ring substituents is 4. The van der Waals surface area contributed by atoms with Crippen LogP contribution < -0.4 is 21.3 Å². The minimum atomic E-state index is -4.50. The van der Waals surface area contributed by atoms with E-state index in [1.807, 2.05) is 0 Å². The molecule has 288 valence electrons. The number of hydrogen-bond donors (Lipinski definition) is 4. The Morgan fingerprint density at radius 3 is 0.895 bits per heavy atom. The fraction of sp³-hybridized carbons (Fsp3) is 0.0526. The molecule has 0 saturated heterocycles. The van der Waals surface area contributed by atoms with Crippen LogP contribution in [-0.4, -0.2) is 28.1 Å². The van der Waals surface area contributed by atoms with Crippen molar-refractivity contribution in [3.8, 4) is 0 Å². The first kappa shape index (κ1) is 38.8. The van der Waals surface area contributed by atoms with Crippen molar-refractivity contribution in [2.75, 3.05) is 21.3 Å². The number of nitrogens with one attached hydrogen (secondary N) is 4. The molecule has 0 aliphatic heterocycles. The monoisotopic (exact) mass is 790 g/mol. The Labute approximate surface area is 323 Å². The minimum absolute atomic E-state index is 0.0438. The normalized spacial score (nSPS) is 11.0. The zero-order chi connectivity index (χ0) is 41.0. The number of sulfone groups is 1. The molecule has 57 heavy (non-hydrogen) atoms. The summed E-state index contributed by atoms with van der Waals surface area (Å²) in [6.07, 6.45) is 0. The molecule has 0 fully saturated rings. The Bertz CT molecular complexity index is 2510. The zero-order valence-corrected chi connectivity index (χ0v) is 30.6. The molecule has 0 bridgehead atoms. The third kappa shape index (κ3) is 8.74. The highest BCUT2D eigenvalue weighted by atomic mass is 32.2. The third-order valence-electron chi connectivity index (χ3n) is 8.54. The van der Waals surface area contributed by atoms with E-state index >= 15 is 0 Å². The average Bonchev–Trinajstić information content (AvgIpc) is 3.17. The van der Waals surface area contributed by atoms with E-state index in [4.69, 9.17) is 0 Å². The summed E-state index contributed by atoms with van der Waals surface area (Å²) in [5.41, 5.74) is 2.25. The Morgan fingerprint density at radius 1 is 0.386 bits per heavy atom. The van der Waals surface area contributed by atoms with Crippen LogP contribution >= 0.6 is 0 Å². The lowest BCUT2D eigenvalue weighted by molar-refractivity contribution is -0.384. The van der Waals surface area contributed by atoms with Crippen molar-refractivity contribution in [1.82, 2.24) is 0 Å². The maximum absolute atomic E-state index is 13.7. The van der Waals surface area contributed by atoms with Crippen molar-refractivity contribution in [2.45, 2.75) is 23.6 Å². The Morgan fingerprint density at radius 2 is 0.632 bits per heavy atom. The molecule has 0 unspecified atom stereocenters. The summed E-state index contributed by atoms with van der Waals surface area (Å²) in [5.74, 6) is 0. The molecular weight excluding hydrogens is 761 g/mol. The van der Waals surface area contributed by atoms with Gasteiger partial charge in [0.2, 0.25) is 9.84 Å². The van der Waals surface area contributed by atoms with Crippen LogP contribution in [0, 0.1) is 54.3 Å². The summed E-state index contributed by atoms with van der Waals surface area (Å²) < 4.78 is 27.4. The van der Waals surface area contributed by atoms with Gasteiger partial charge in [0.15, 0.2) is 0 Å². The molecule has 0 saturated carbocycles. The molecule has 0 heterocycles. The van der Waals surface area contributed by atoms with Gasteiger partial charge in [0, 0.05) is 47.0 Å². The maximum Gasteiger partial charge on any atom is 0.293 e. The molecule has 0 atom stereocenters. The number of nitrogens with zero attached hydrogens (tertiary/aromatic N) is 4. The average molecular weight is 791 g/mol. The second-order valence-corrected chi connectivity index (χ2v) is 14.5. The number of benzene rings is 6. The lowest BCUT2D eigenvalue weighted by Gasteiger charge is -2.12. The Balaban J connectivity index is 1.19. The largest absolute Gasteiger partial charge is 0.350 e. The van der Waals surface area contributed by atoms with Crippen molar-refractivity contribution < 1.29 is 28.1 Å². The molecule has 4 N–H and O–H groups in total. The van der Waals surface area contributed by atoms with Crippen LogP contribution in [0.5, 0.6) is 0 Å². The fourth-order valence-corrected chi connectivity index (χ4v) is 7.00. The van der Waals surface area contributed by atoms with Gasteiger partial charge in [-0.1, -0.05) is 12.1 Å². The Hall–Kier alpha value is -7.93. The number of aryl methyl sites for hydroxylation is 2. The Kier molecular flexibility index (Phi) is 10.8. The van der Waals surface area contributed by atoms with Gasteiger partial charge in [-0.25, -0.2) is 8.42 Å². The van der Waals surface area contributed by atoms with E-state index in [2.05, 4.69) is 21.3 Å². The van der Waals surface area contributed by atoms with E-state index < -0.39 is 50.7 Å². The molecule has 6 aromatic carbocycles. The van der Waals surface area contributed by atoms with Crippen LogP contribution in [0.4, 0.5) is 68.2 Å². The molecule has 19 heteroatoms. The summed E-state index contributed by atoms with van der Waals surface area (Å²) >= 11 is 0. The number of hydrogen-bond acceptors (Lipinski definition) is 14. The van der Waals surface area contributed by atoms with Gasteiger partial charge in [0.1, 0.15) is 22.7 Å². The van der Waals surface area contributed by atoms with E-state index in [9.17, 15) is 48.9 Å². The topological polar surface area (TPSA) is 255 Å². The lowest BCUT2D eigenvalue weighted by Crippen LogP contribution is -2.06. The summed E-state index contributed by atoms with van der Waals surface area (Å²) in [6, 6.07) is 28.5. The highest BCUT2D eigenvalue weighted by Crippen LogP contribution is 2.37. The first-order chi connectivity index (χ1) is 27.1. The minimum Gasteiger partial charge on any atom is -0.350 e. The van der Waals surface area contributed by atoms with Crippen LogP contribution in [0.25, 0.3) is 0 Å². The SMILES string of the molecule is Cc1ccc(Nc2ccc(Nc3ccc(S(=O)(=O)c4ccc(Nc5ccc(Nc6ccc(C)cc6[N+](=O)[O-])cc5)c([N+](=O)[O-])c4)cc3[N+](=O)[O-])cc2)c([N+](=O)[O-])c1. The molecule has 6 rings (SSSR count). The second kappa shape index (κ2) is 15.8. The number of nitro groups is 4. The van der Waals surface area contributed by atoms with Gasteiger partial charge in [0.25, 0.3) is 22.7 Å². The van der Waals surface area contributed by atoms with Crippen LogP contribution in [0.2, 0.25) is 0 Å².